The summed E-state index contributed by atoms with van der Waals surface area (Å²) in [5.41, 5.74) is 4.27. The van der Waals surface area contributed by atoms with Gasteiger partial charge >= 0.3 is 0 Å². The largest absolute Gasteiger partial charge is 0.490 e. The Morgan fingerprint density at radius 1 is 1.03 bits per heavy atom. The van der Waals surface area contributed by atoms with E-state index >= 15 is 0 Å². The molecule has 0 radical (unpaired) electrons. The van der Waals surface area contributed by atoms with E-state index in [9.17, 15) is 14.4 Å². The molecule has 0 atom stereocenters. The van der Waals surface area contributed by atoms with E-state index in [1.165, 1.54) is 4.90 Å². The Bertz CT molecular complexity index is 1420. The van der Waals surface area contributed by atoms with Crippen molar-refractivity contribution in [3.05, 3.63) is 92.3 Å². The molecule has 0 spiro atoms. The number of anilines is 1. The number of imide groups is 1. The highest BCUT2D eigenvalue weighted by Gasteiger charge is 2.35. The van der Waals surface area contributed by atoms with E-state index in [2.05, 4.69) is 21.2 Å². The van der Waals surface area contributed by atoms with Crippen molar-refractivity contribution in [2.75, 3.05) is 18.5 Å². The lowest BCUT2D eigenvalue weighted by Gasteiger charge is -2.14. The Kier molecular flexibility index (Phi) is 8.91. The fourth-order valence-electron chi connectivity index (χ4n) is 3.79. The number of halogens is 1. The highest BCUT2D eigenvalue weighted by Crippen LogP contribution is 2.36. The summed E-state index contributed by atoms with van der Waals surface area (Å²) in [6, 6.07) is 18.5. The molecule has 0 unspecified atom stereocenters. The molecule has 7 nitrogen and oxygen atoms in total. The van der Waals surface area contributed by atoms with Gasteiger partial charge in [-0.1, -0.05) is 52.3 Å². The lowest BCUT2D eigenvalue weighted by Crippen LogP contribution is -2.27. The molecule has 1 fully saturated rings. The summed E-state index contributed by atoms with van der Waals surface area (Å²) in [4.78, 5) is 39.6. The molecule has 0 bridgehead atoms. The van der Waals surface area contributed by atoms with Crippen molar-refractivity contribution < 1.29 is 23.9 Å². The average Bonchev–Trinajstić information content (AvgIpc) is 3.14. The van der Waals surface area contributed by atoms with Crippen LogP contribution in [0.1, 0.15) is 29.2 Å². The lowest BCUT2D eigenvalue weighted by atomic mass is 10.1. The van der Waals surface area contributed by atoms with Gasteiger partial charge in [0.2, 0.25) is 0 Å². The molecule has 1 heterocycles. The van der Waals surface area contributed by atoms with Crippen molar-refractivity contribution in [3.8, 4) is 11.5 Å². The molecule has 0 saturated carbocycles. The topological polar surface area (TPSA) is 84.9 Å². The van der Waals surface area contributed by atoms with Crippen molar-refractivity contribution in [2.45, 2.75) is 27.3 Å². The van der Waals surface area contributed by atoms with Crippen molar-refractivity contribution in [2.24, 2.45) is 0 Å². The van der Waals surface area contributed by atoms with Crippen LogP contribution in [-0.2, 0) is 16.1 Å². The quantitative estimate of drug-likeness (QED) is 0.277. The monoisotopic (exact) mass is 594 g/mol. The Balaban J connectivity index is 1.45. The van der Waals surface area contributed by atoms with Crippen LogP contribution in [-0.4, -0.2) is 35.2 Å². The van der Waals surface area contributed by atoms with E-state index in [0.717, 1.165) is 38.6 Å². The molecule has 38 heavy (non-hydrogen) atoms. The molecule has 0 aliphatic carbocycles. The second-order valence-electron chi connectivity index (χ2n) is 8.65. The van der Waals surface area contributed by atoms with E-state index in [1.54, 1.807) is 24.3 Å². The van der Waals surface area contributed by atoms with E-state index < -0.39 is 0 Å². The molecule has 1 saturated heterocycles. The first-order valence-corrected chi connectivity index (χ1v) is 13.6. The summed E-state index contributed by atoms with van der Waals surface area (Å²) >= 11 is 4.36. The van der Waals surface area contributed by atoms with Crippen LogP contribution in [0, 0.1) is 13.8 Å². The fourth-order valence-corrected chi connectivity index (χ4v) is 5.04. The zero-order valence-electron chi connectivity index (χ0n) is 21.2. The zero-order valence-corrected chi connectivity index (χ0v) is 23.6. The number of carbonyl (C=O) groups excluding carboxylic acids is 3. The first-order valence-electron chi connectivity index (χ1n) is 12.0. The Labute approximate surface area is 234 Å². The minimum absolute atomic E-state index is 0.185. The molecule has 196 valence electrons. The number of nitrogens with zero attached hydrogens (tertiary/aromatic N) is 1. The number of rotatable bonds is 9. The van der Waals surface area contributed by atoms with Gasteiger partial charge in [0.1, 0.15) is 0 Å². The number of amides is 3. The maximum absolute atomic E-state index is 13.0. The molecule has 1 aliphatic heterocycles. The normalized spacial score (nSPS) is 14.2. The summed E-state index contributed by atoms with van der Waals surface area (Å²) in [5, 5.41) is 2.55. The number of aryl methyl sites for hydroxylation is 2. The van der Waals surface area contributed by atoms with Gasteiger partial charge in [-0.2, -0.15) is 0 Å². The number of hydrogen-bond acceptors (Lipinski definition) is 6. The number of benzene rings is 3. The number of nitrogens with one attached hydrogen (secondary N) is 1. The average molecular weight is 596 g/mol. The van der Waals surface area contributed by atoms with Gasteiger partial charge in [0.15, 0.2) is 18.1 Å². The number of ether oxygens (including phenoxy) is 2. The number of carbonyl (C=O) groups is 3. The van der Waals surface area contributed by atoms with E-state index in [4.69, 9.17) is 9.47 Å². The SMILES string of the molecule is CCOc1cc(/C=C2\SC(=O)N(Cc3ccccc3Br)C2=O)ccc1OCC(=O)Nc1cc(C)ccc1C. The molecule has 4 rings (SSSR count). The second kappa shape index (κ2) is 12.3. The molecular formula is C29H27BrN2O5S. The number of hydrogen-bond donors (Lipinski definition) is 1. The van der Waals surface area contributed by atoms with Gasteiger partial charge in [0.05, 0.1) is 18.1 Å². The van der Waals surface area contributed by atoms with Gasteiger partial charge in [0, 0.05) is 10.2 Å². The van der Waals surface area contributed by atoms with Crippen LogP contribution in [0.25, 0.3) is 6.08 Å². The zero-order chi connectivity index (χ0) is 27.2. The van der Waals surface area contributed by atoms with Gasteiger partial charge < -0.3 is 14.8 Å². The van der Waals surface area contributed by atoms with Crippen molar-refractivity contribution in [1.29, 1.82) is 0 Å². The highest BCUT2D eigenvalue weighted by molar-refractivity contribution is 9.10. The van der Waals surface area contributed by atoms with Gasteiger partial charge in [0.25, 0.3) is 17.1 Å². The van der Waals surface area contributed by atoms with Crippen molar-refractivity contribution >= 4 is 56.5 Å². The molecule has 1 N–H and O–H groups in total. The van der Waals surface area contributed by atoms with Crippen LogP contribution in [0.5, 0.6) is 11.5 Å². The highest BCUT2D eigenvalue weighted by atomic mass is 79.9. The molecular weight excluding hydrogens is 568 g/mol. The van der Waals surface area contributed by atoms with E-state index in [1.807, 2.05) is 63.2 Å². The minimum Gasteiger partial charge on any atom is -0.490 e. The summed E-state index contributed by atoms with van der Waals surface area (Å²) < 4.78 is 12.3. The van der Waals surface area contributed by atoms with Crippen LogP contribution < -0.4 is 14.8 Å². The summed E-state index contributed by atoms with van der Waals surface area (Å²) in [6.07, 6.45) is 1.66. The Morgan fingerprint density at radius 2 is 1.82 bits per heavy atom. The van der Waals surface area contributed by atoms with Gasteiger partial charge in [-0.15, -0.1) is 0 Å². The molecule has 3 amide bonds. The smallest absolute Gasteiger partial charge is 0.293 e. The predicted molar refractivity (Wildman–Crippen MR) is 153 cm³/mol. The van der Waals surface area contributed by atoms with Gasteiger partial charge in [-0.05, 0) is 85.1 Å². The molecule has 1 aliphatic rings. The molecule has 9 heteroatoms. The molecule has 3 aromatic carbocycles. The Morgan fingerprint density at radius 3 is 2.58 bits per heavy atom. The minimum atomic E-state index is -0.350. The van der Waals surface area contributed by atoms with Gasteiger partial charge in [-0.3, -0.25) is 19.3 Å². The van der Waals surface area contributed by atoms with Crippen LogP contribution in [0.3, 0.4) is 0 Å². The van der Waals surface area contributed by atoms with Crippen LogP contribution in [0.15, 0.2) is 70.0 Å². The second-order valence-corrected chi connectivity index (χ2v) is 10.5. The summed E-state index contributed by atoms with van der Waals surface area (Å²) in [6.45, 7) is 6.11. The third-order valence-electron chi connectivity index (χ3n) is 5.75. The first kappa shape index (κ1) is 27.5. The Hall–Kier alpha value is -3.56. The standard InChI is InChI=1S/C29H27BrN2O5S/c1-4-36-25-14-20(11-12-24(25)37-17-27(33)31-23-13-18(2)9-10-19(23)3)15-26-28(34)32(29(35)38-26)16-21-7-5-6-8-22(21)30/h5-15H,4,16-17H2,1-3H3,(H,31,33)/b26-15-. The maximum Gasteiger partial charge on any atom is 0.293 e. The first-order chi connectivity index (χ1) is 18.2. The van der Waals surface area contributed by atoms with Crippen LogP contribution >= 0.6 is 27.7 Å². The third kappa shape index (κ3) is 6.65. The van der Waals surface area contributed by atoms with Crippen LogP contribution in [0.2, 0.25) is 0 Å². The van der Waals surface area contributed by atoms with Crippen molar-refractivity contribution in [1.82, 2.24) is 4.90 Å². The predicted octanol–water partition coefficient (Wildman–Crippen LogP) is 6.72. The molecule has 0 aromatic heterocycles. The lowest BCUT2D eigenvalue weighted by molar-refractivity contribution is -0.123. The third-order valence-corrected chi connectivity index (χ3v) is 7.43. The number of thioether (sulfide) groups is 1. The van der Waals surface area contributed by atoms with Crippen molar-refractivity contribution in [3.63, 3.8) is 0 Å². The molecule has 3 aromatic rings. The van der Waals surface area contributed by atoms with E-state index in [0.29, 0.717) is 28.6 Å². The van der Waals surface area contributed by atoms with Crippen LogP contribution in [0.4, 0.5) is 10.5 Å². The summed E-state index contributed by atoms with van der Waals surface area (Å²) in [7, 11) is 0. The maximum atomic E-state index is 13.0. The fraction of sp³-hybridized carbons (Fsp3) is 0.207. The van der Waals surface area contributed by atoms with Gasteiger partial charge in [-0.25, -0.2) is 0 Å². The summed E-state index contributed by atoms with van der Waals surface area (Å²) in [5.74, 6) is 0.205. The van der Waals surface area contributed by atoms with E-state index in [-0.39, 0.29) is 30.2 Å².